The Morgan fingerprint density at radius 3 is 3.00 bits per heavy atom. The molecule has 0 saturated heterocycles. The van der Waals surface area contributed by atoms with Crippen LogP contribution >= 0.6 is 0 Å². The lowest BCUT2D eigenvalue weighted by Crippen LogP contribution is -2.29. The Kier molecular flexibility index (Phi) is 7.76. The van der Waals surface area contributed by atoms with Crippen LogP contribution in [0.5, 0.6) is 0 Å². The van der Waals surface area contributed by atoms with Crippen molar-refractivity contribution in [2.45, 2.75) is 52.2 Å². The normalized spacial score (nSPS) is 12.8. The summed E-state index contributed by atoms with van der Waals surface area (Å²) < 4.78 is 10.7. The van der Waals surface area contributed by atoms with E-state index in [0.717, 1.165) is 18.9 Å². The summed E-state index contributed by atoms with van der Waals surface area (Å²) in [6, 6.07) is 4.40. The van der Waals surface area contributed by atoms with Crippen molar-refractivity contribution in [3.05, 3.63) is 24.2 Å². The molecular formula is C14H25NO2. The lowest BCUT2D eigenvalue weighted by atomic mass is 10.1. The molecule has 0 aliphatic rings. The molecule has 0 aliphatic carbocycles. The van der Waals surface area contributed by atoms with Gasteiger partial charge in [-0.15, -0.1) is 0 Å². The zero-order chi connectivity index (χ0) is 12.3. The van der Waals surface area contributed by atoms with Gasteiger partial charge in [-0.05, 0) is 25.5 Å². The largest absolute Gasteiger partial charge is 0.467 e. The molecule has 17 heavy (non-hydrogen) atoms. The lowest BCUT2D eigenvalue weighted by Gasteiger charge is -2.13. The summed E-state index contributed by atoms with van der Waals surface area (Å²) in [6.07, 6.45) is 6.87. The van der Waals surface area contributed by atoms with Gasteiger partial charge in [-0.2, -0.15) is 0 Å². The van der Waals surface area contributed by atoms with Gasteiger partial charge in [-0.1, -0.05) is 26.2 Å². The molecule has 1 rings (SSSR count). The highest BCUT2D eigenvalue weighted by molar-refractivity contribution is 4.95. The van der Waals surface area contributed by atoms with E-state index in [0.29, 0.717) is 12.6 Å². The molecule has 0 fully saturated rings. The number of unbranched alkanes of at least 4 members (excludes halogenated alkanes) is 2. The first kappa shape index (κ1) is 14.3. The van der Waals surface area contributed by atoms with Crippen LogP contribution in [0.2, 0.25) is 0 Å². The van der Waals surface area contributed by atoms with Gasteiger partial charge in [-0.3, -0.25) is 0 Å². The van der Waals surface area contributed by atoms with Gasteiger partial charge in [0.15, 0.2) is 0 Å². The zero-order valence-corrected chi connectivity index (χ0v) is 11.1. The smallest absolute Gasteiger partial charge is 0.129 e. The topological polar surface area (TPSA) is 34.4 Å². The second kappa shape index (κ2) is 9.25. The highest BCUT2D eigenvalue weighted by Crippen LogP contribution is 2.03. The van der Waals surface area contributed by atoms with Crippen molar-refractivity contribution in [3.63, 3.8) is 0 Å². The Hall–Kier alpha value is -0.800. The summed E-state index contributed by atoms with van der Waals surface area (Å²) in [7, 11) is 0. The van der Waals surface area contributed by atoms with Crippen LogP contribution in [0.25, 0.3) is 0 Å². The van der Waals surface area contributed by atoms with Crippen LogP contribution < -0.4 is 5.32 Å². The maximum absolute atomic E-state index is 5.50. The van der Waals surface area contributed by atoms with E-state index in [4.69, 9.17) is 9.15 Å². The fraction of sp³-hybridized carbons (Fsp3) is 0.714. The van der Waals surface area contributed by atoms with E-state index in [1.165, 1.54) is 25.7 Å². The fourth-order valence-electron chi connectivity index (χ4n) is 1.75. The number of furan rings is 1. The van der Waals surface area contributed by atoms with Crippen molar-refractivity contribution in [2.75, 3.05) is 13.2 Å². The van der Waals surface area contributed by atoms with Crippen LogP contribution in [-0.4, -0.2) is 19.2 Å². The third-order valence-electron chi connectivity index (χ3n) is 2.80. The van der Waals surface area contributed by atoms with E-state index in [2.05, 4.69) is 19.2 Å². The van der Waals surface area contributed by atoms with Crippen LogP contribution in [0.15, 0.2) is 22.8 Å². The molecule has 0 saturated carbocycles. The van der Waals surface area contributed by atoms with E-state index < -0.39 is 0 Å². The molecule has 0 radical (unpaired) electrons. The summed E-state index contributed by atoms with van der Waals surface area (Å²) in [4.78, 5) is 0. The van der Waals surface area contributed by atoms with Gasteiger partial charge >= 0.3 is 0 Å². The quantitative estimate of drug-likeness (QED) is 0.636. The molecule has 98 valence electrons. The van der Waals surface area contributed by atoms with Crippen LogP contribution in [0, 0.1) is 0 Å². The van der Waals surface area contributed by atoms with Crippen molar-refractivity contribution in [1.29, 1.82) is 0 Å². The Labute approximate surface area is 105 Å². The molecule has 3 nitrogen and oxygen atoms in total. The summed E-state index contributed by atoms with van der Waals surface area (Å²) in [6.45, 7) is 6.69. The molecule has 1 unspecified atom stereocenters. The molecule has 1 heterocycles. The van der Waals surface area contributed by atoms with Gasteiger partial charge in [0.25, 0.3) is 0 Å². The van der Waals surface area contributed by atoms with E-state index in [-0.39, 0.29) is 0 Å². The summed E-state index contributed by atoms with van der Waals surface area (Å²) in [5, 5.41) is 3.47. The summed E-state index contributed by atoms with van der Waals surface area (Å²) in [5.74, 6) is 0.890. The third-order valence-corrected chi connectivity index (χ3v) is 2.80. The second-order valence-electron chi connectivity index (χ2n) is 4.48. The molecule has 1 aromatic heterocycles. The first-order chi connectivity index (χ1) is 8.33. The predicted octanol–water partition coefficient (Wildman–Crippen LogP) is 3.35. The molecule has 0 amide bonds. The standard InChI is InChI=1S/C14H25NO2/c1-3-4-5-7-13(2)15-9-11-16-12-14-8-6-10-17-14/h6,8,10,13,15H,3-5,7,9,11-12H2,1-2H3. The number of hydrogen-bond acceptors (Lipinski definition) is 3. The highest BCUT2D eigenvalue weighted by Gasteiger charge is 2.00. The average molecular weight is 239 g/mol. The van der Waals surface area contributed by atoms with Crippen LogP contribution in [0.3, 0.4) is 0 Å². The van der Waals surface area contributed by atoms with E-state index >= 15 is 0 Å². The maximum atomic E-state index is 5.50. The van der Waals surface area contributed by atoms with Crippen LogP contribution in [0.1, 0.15) is 45.3 Å². The van der Waals surface area contributed by atoms with Gasteiger partial charge in [0.2, 0.25) is 0 Å². The monoisotopic (exact) mass is 239 g/mol. The van der Waals surface area contributed by atoms with Crippen molar-refractivity contribution in [1.82, 2.24) is 5.32 Å². The van der Waals surface area contributed by atoms with Crippen molar-refractivity contribution in [2.24, 2.45) is 0 Å². The van der Waals surface area contributed by atoms with Gasteiger partial charge in [0.1, 0.15) is 12.4 Å². The van der Waals surface area contributed by atoms with Crippen molar-refractivity contribution >= 4 is 0 Å². The van der Waals surface area contributed by atoms with Gasteiger partial charge < -0.3 is 14.5 Å². The molecule has 1 atom stereocenters. The summed E-state index contributed by atoms with van der Waals surface area (Å²) >= 11 is 0. The molecule has 0 spiro atoms. The number of rotatable bonds is 10. The average Bonchev–Trinajstić information content (AvgIpc) is 2.82. The van der Waals surface area contributed by atoms with Gasteiger partial charge in [0.05, 0.1) is 12.9 Å². The van der Waals surface area contributed by atoms with E-state index in [9.17, 15) is 0 Å². The van der Waals surface area contributed by atoms with Gasteiger partial charge in [0, 0.05) is 12.6 Å². The lowest BCUT2D eigenvalue weighted by molar-refractivity contribution is 0.106. The molecule has 3 heteroatoms. The van der Waals surface area contributed by atoms with E-state index in [1.54, 1.807) is 6.26 Å². The Balaban J connectivity index is 1.89. The molecule has 1 aromatic rings. The highest BCUT2D eigenvalue weighted by atomic mass is 16.5. The fourth-order valence-corrected chi connectivity index (χ4v) is 1.75. The second-order valence-corrected chi connectivity index (χ2v) is 4.48. The first-order valence-electron chi connectivity index (χ1n) is 6.66. The van der Waals surface area contributed by atoms with Crippen LogP contribution in [-0.2, 0) is 11.3 Å². The predicted molar refractivity (Wildman–Crippen MR) is 70.0 cm³/mol. The van der Waals surface area contributed by atoms with E-state index in [1.807, 2.05) is 12.1 Å². The number of nitrogens with one attached hydrogen (secondary N) is 1. The Bertz CT molecular complexity index is 259. The van der Waals surface area contributed by atoms with Gasteiger partial charge in [-0.25, -0.2) is 0 Å². The minimum atomic E-state index is 0.568. The zero-order valence-electron chi connectivity index (χ0n) is 11.1. The van der Waals surface area contributed by atoms with Crippen molar-refractivity contribution in [3.8, 4) is 0 Å². The number of ether oxygens (including phenoxy) is 1. The molecule has 0 aliphatic heterocycles. The molecule has 1 N–H and O–H groups in total. The Morgan fingerprint density at radius 1 is 1.41 bits per heavy atom. The first-order valence-corrected chi connectivity index (χ1v) is 6.66. The minimum absolute atomic E-state index is 0.568. The molecule has 0 aromatic carbocycles. The van der Waals surface area contributed by atoms with Crippen molar-refractivity contribution < 1.29 is 9.15 Å². The number of hydrogen-bond donors (Lipinski definition) is 1. The minimum Gasteiger partial charge on any atom is -0.467 e. The Morgan fingerprint density at radius 2 is 2.29 bits per heavy atom. The molecule has 0 bridgehead atoms. The maximum Gasteiger partial charge on any atom is 0.129 e. The third kappa shape index (κ3) is 7.18. The van der Waals surface area contributed by atoms with Crippen LogP contribution in [0.4, 0.5) is 0 Å². The summed E-state index contributed by atoms with van der Waals surface area (Å²) in [5.41, 5.74) is 0. The molecular weight excluding hydrogens is 214 g/mol. The SMILES string of the molecule is CCCCCC(C)NCCOCc1ccco1.